The Labute approximate surface area is 122 Å². The Kier molecular flexibility index (Phi) is 4.94. The normalized spacial score (nSPS) is 12.4. The lowest BCUT2D eigenvalue weighted by Gasteiger charge is -2.17. The minimum absolute atomic E-state index is 0.445. The Balaban J connectivity index is 2.37. The molecule has 2 rings (SSSR count). The molecule has 0 aliphatic carbocycles. The van der Waals surface area contributed by atoms with Crippen molar-refractivity contribution in [2.24, 2.45) is 5.73 Å². The number of halogens is 1. The lowest BCUT2D eigenvalue weighted by Crippen LogP contribution is -2.20. The van der Waals surface area contributed by atoms with Gasteiger partial charge < -0.3 is 15.2 Å². The summed E-state index contributed by atoms with van der Waals surface area (Å²) in [7, 11) is 3.22. The van der Waals surface area contributed by atoms with Crippen molar-refractivity contribution in [2.75, 3.05) is 20.8 Å². The highest BCUT2D eigenvalue weighted by Gasteiger charge is 2.21. The summed E-state index contributed by atoms with van der Waals surface area (Å²) in [4.78, 5) is 4.02. The van der Waals surface area contributed by atoms with E-state index in [1.54, 1.807) is 37.5 Å². The molecule has 0 fully saturated rings. The van der Waals surface area contributed by atoms with Crippen molar-refractivity contribution < 1.29 is 9.47 Å². The molecule has 2 aromatic heterocycles. The maximum Gasteiger partial charge on any atom is 0.142 e. The molecule has 0 saturated heterocycles. The predicted octanol–water partition coefficient (Wildman–Crippen LogP) is 1.63. The largest absolute Gasteiger partial charge is 0.495 e. The molecule has 0 radical (unpaired) electrons. The van der Waals surface area contributed by atoms with Crippen molar-refractivity contribution in [3.05, 3.63) is 40.9 Å². The Morgan fingerprint density at radius 3 is 2.90 bits per heavy atom. The lowest BCUT2D eigenvalue weighted by atomic mass is 10.1. The monoisotopic (exact) mass is 296 g/mol. The van der Waals surface area contributed by atoms with Crippen LogP contribution in [0.3, 0.4) is 0 Å². The van der Waals surface area contributed by atoms with Gasteiger partial charge in [0.1, 0.15) is 5.75 Å². The van der Waals surface area contributed by atoms with Gasteiger partial charge in [0.15, 0.2) is 0 Å². The second-order valence-electron chi connectivity index (χ2n) is 4.19. The number of methoxy groups -OCH3 is 2. The molecule has 0 amide bonds. The molecule has 108 valence electrons. The topological polar surface area (TPSA) is 75.2 Å². The third-order valence-corrected chi connectivity index (χ3v) is 3.30. The molecule has 2 aromatic rings. The van der Waals surface area contributed by atoms with E-state index in [4.69, 9.17) is 26.8 Å². The SMILES string of the molecule is COCCn1ncc(Cl)c1C(N)c1ccncc1OC. The van der Waals surface area contributed by atoms with Crippen molar-refractivity contribution in [3.8, 4) is 5.75 Å². The summed E-state index contributed by atoms with van der Waals surface area (Å²) in [6.07, 6.45) is 4.88. The zero-order valence-corrected chi connectivity index (χ0v) is 12.2. The molecule has 0 aliphatic heterocycles. The Hall–Kier alpha value is -1.63. The van der Waals surface area contributed by atoms with E-state index in [-0.39, 0.29) is 0 Å². The fraction of sp³-hybridized carbons (Fsp3) is 0.385. The van der Waals surface area contributed by atoms with Crippen LogP contribution in [0.15, 0.2) is 24.7 Å². The third-order valence-electron chi connectivity index (χ3n) is 3.01. The smallest absolute Gasteiger partial charge is 0.142 e. The second-order valence-corrected chi connectivity index (χ2v) is 4.60. The Bertz CT molecular complexity index is 573. The molecule has 1 unspecified atom stereocenters. The zero-order chi connectivity index (χ0) is 14.5. The number of pyridine rings is 1. The van der Waals surface area contributed by atoms with E-state index >= 15 is 0 Å². The van der Waals surface area contributed by atoms with Crippen LogP contribution in [0.4, 0.5) is 0 Å². The summed E-state index contributed by atoms with van der Waals surface area (Å²) >= 11 is 6.20. The van der Waals surface area contributed by atoms with Crippen LogP contribution >= 0.6 is 11.6 Å². The van der Waals surface area contributed by atoms with Gasteiger partial charge in [-0.15, -0.1) is 0 Å². The highest BCUT2D eigenvalue weighted by atomic mass is 35.5. The van der Waals surface area contributed by atoms with E-state index < -0.39 is 6.04 Å². The second kappa shape index (κ2) is 6.69. The maximum absolute atomic E-state index is 6.32. The van der Waals surface area contributed by atoms with Crippen LogP contribution in [-0.2, 0) is 11.3 Å². The van der Waals surface area contributed by atoms with Crippen LogP contribution in [0.25, 0.3) is 0 Å². The van der Waals surface area contributed by atoms with E-state index in [0.717, 1.165) is 11.3 Å². The van der Waals surface area contributed by atoms with Crippen LogP contribution in [0.2, 0.25) is 5.02 Å². The van der Waals surface area contributed by atoms with Crippen LogP contribution < -0.4 is 10.5 Å². The fourth-order valence-electron chi connectivity index (χ4n) is 2.00. The summed E-state index contributed by atoms with van der Waals surface area (Å²) in [5.74, 6) is 0.621. The quantitative estimate of drug-likeness (QED) is 0.877. The van der Waals surface area contributed by atoms with Crippen molar-refractivity contribution in [3.63, 3.8) is 0 Å². The molecule has 0 aliphatic rings. The standard InChI is InChI=1S/C13H17ClN4O2/c1-19-6-5-18-13(10(14)7-17-18)12(15)9-3-4-16-8-11(9)20-2/h3-4,7-8,12H,5-6,15H2,1-2H3. The summed E-state index contributed by atoms with van der Waals surface area (Å²) in [6, 6.07) is 1.37. The molecular weight excluding hydrogens is 280 g/mol. The number of nitrogens with zero attached hydrogens (tertiary/aromatic N) is 3. The van der Waals surface area contributed by atoms with Crippen molar-refractivity contribution in [2.45, 2.75) is 12.6 Å². The van der Waals surface area contributed by atoms with E-state index in [2.05, 4.69) is 10.1 Å². The zero-order valence-electron chi connectivity index (χ0n) is 11.4. The summed E-state index contributed by atoms with van der Waals surface area (Å²) in [5.41, 5.74) is 7.86. The van der Waals surface area contributed by atoms with Gasteiger partial charge in [0.2, 0.25) is 0 Å². The van der Waals surface area contributed by atoms with Gasteiger partial charge in [0, 0.05) is 18.9 Å². The van der Waals surface area contributed by atoms with Gasteiger partial charge in [-0.25, -0.2) is 0 Å². The molecule has 0 saturated carbocycles. The lowest BCUT2D eigenvalue weighted by molar-refractivity contribution is 0.182. The van der Waals surface area contributed by atoms with Gasteiger partial charge in [0.25, 0.3) is 0 Å². The summed E-state index contributed by atoms with van der Waals surface area (Å²) in [6.45, 7) is 1.12. The molecule has 7 heteroatoms. The van der Waals surface area contributed by atoms with E-state index in [1.165, 1.54) is 0 Å². The van der Waals surface area contributed by atoms with Gasteiger partial charge >= 0.3 is 0 Å². The van der Waals surface area contributed by atoms with Crippen LogP contribution in [0.5, 0.6) is 5.75 Å². The molecular formula is C13H17ClN4O2. The van der Waals surface area contributed by atoms with Gasteiger partial charge in [0.05, 0.1) is 49.4 Å². The summed E-state index contributed by atoms with van der Waals surface area (Å²) in [5, 5.41) is 4.74. The molecule has 2 N–H and O–H groups in total. The number of rotatable bonds is 6. The average molecular weight is 297 g/mol. The molecule has 2 heterocycles. The Morgan fingerprint density at radius 2 is 2.20 bits per heavy atom. The number of nitrogens with two attached hydrogens (primary N) is 1. The van der Waals surface area contributed by atoms with Gasteiger partial charge in [-0.2, -0.15) is 5.10 Å². The average Bonchev–Trinajstić information content (AvgIpc) is 2.85. The number of hydrogen-bond acceptors (Lipinski definition) is 5. The molecule has 1 atom stereocenters. The molecule has 0 aromatic carbocycles. The maximum atomic E-state index is 6.32. The van der Waals surface area contributed by atoms with Crippen LogP contribution in [0.1, 0.15) is 17.3 Å². The number of aromatic nitrogens is 3. The van der Waals surface area contributed by atoms with Gasteiger partial charge in [-0.1, -0.05) is 11.6 Å². The minimum atomic E-state index is -0.445. The first-order chi connectivity index (χ1) is 9.69. The number of ether oxygens (including phenoxy) is 2. The third kappa shape index (κ3) is 2.92. The molecule has 20 heavy (non-hydrogen) atoms. The van der Waals surface area contributed by atoms with Gasteiger partial charge in [-0.3, -0.25) is 9.67 Å². The molecule has 0 spiro atoms. The van der Waals surface area contributed by atoms with E-state index in [9.17, 15) is 0 Å². The van der Waals surface area contributed by atoms with E-state index in [0.29, 0.717) is 23.9 Å². The Morgan fingerprint density at radius 1 is 1.40 bits per heavy atom. The van der Waals surface area contributed by atoms with Crippen molar-refractivity contribution in [1.82, 2.24) is 14.8 Å². The van der Waals surface area contributed by atoms with Crippen LogP contribution in [-0.4, -0.2) is 35.6 Å². The van der Waals surface area contributed by atoms with Crippen LogP contribution in [0, 0.1) is 0 Å². The first-order valence-electron chi connectivity index (χ1n) is 6.12. The minimum Gasteiger partial charge on any atom is -0.495 e. The number of hydrogen-bond donors (Lipinski definition) is 1. The highest BCUT2D eigenvalue weighted by molar-refractivity contribution is 6.31. The fourth-order valence-corrected chi connectivity index (χ4v) is 2.26. The van der Waals surface area contributed by atoms with E-state index in [1.807, 2.05) is 6.07 Å². The first kappa shape index (κ1) is 14.8. The molecule has 6 nitrogen and oxygen atoms in total. The first-order valence-corrected chi connectivity index (χ1v) is 6.50. The summed E-state index contributed by atoms with van der Waals surface area (Å²) < 4.78 is 12.1. The molecule has 0 bridgehead atoms. The van der Waals surface area contributed by atoms with Crippen molar-refractivity contribution >= 4 is 11.6 Å². The predicted molar refractivity (Wildman–Crippen MR) is 75.9 cm³/mol. The van der Waals surface area contributed by atoms with Gasteiger partial charge in [-0.05, 0) is 6.07 Å². The highest BCUT2D eigenvalue weighted by Crippen LogP contribution is 2.31. The van der Waals surface area contributed by atoms with Crippen molar-refractivity contribution in [1.29, 1.82) is 0 Å².